The van der Waals surface area contributed by atoms with Crippen molar-refractivity contribution in [3.05, 3.63) is 35.9 Å². The van der Waals surface area contributed by atoms with Gasteiger partial charge in [-0.05, 0) is 44.9 Å². The molecular weight excluding hydrogens is 320 g/mol. The summed E-state index contributed by atoms with van der Waals surface area (Å²) in [5.41, 5.74) is 2.86. The maximum Gasteiger partial charge on any atom is 0.230 e. The van der Waals surface area contributed by atoms with Crippen molar-refractivity contribution >= 4 is 34.2 Å². The molecule has 0 atom stereocenters. The lowest BCUT2D eigenvalue weighted by Crippen LogP contribution is -2.43. The first-order chi connectivity index (χ1) is 11.4. The van der Waals surface area contributed by atoms with Gasteiger partial charge < -0.3 is 5.32 Å². The van der Waals surface area contributed by atoms with Crippen LogP contribution in [0.25, 0.3) is 16.6 Å². The summed E-state index contributed by atoms with van der Waals surface area (Å²) in [6, 6.07) is 10.2. The van der Waals surface area contributed by atoms with Gasteiger partial charge in [0.05, 0.1) is 11.3 Å². The number of amides is 1. The topological polar surface area (TPSA) is 59.3 Å². The third-order valence-corrected chi connectivity index (χ3v) is 5.20. The Kier molecular flexibility index (Phi) is 4.49. The van der Waals surface area contributed by atoms with Gasteiger partial charge in [0.1, 0.15) is 0 Å². The first kappa shape index (κ1) is 16.8. The summed E-state index contributed by atoms with van der Waals surface area (Å²) >= 11 is 1.41. The maximum absolute atomic E-state index is 12.2. The van der Waals surface area contributed by atoms with E-state index < -0.39 is 0 Å². The summed E-state index contributed by atoms with van der Waals surface area (Å²) in [5, 5.41) is 13.5. The smallest absolute Gasteiger partial charge is 0.230 e. The number of thioether (sulfide) groups is 1. The minimum Gasteiger partial charge on any atom is -0.351 e. The molecule has 0 unspecified atom stereocenters. The van der Waals surface area contributed by atoms with Gasteiger partial charge in [0.2, 0.25) is 5.91 Å². The summed E-state index contributed by atoms with van der Waals surface area (Å²) in [7, 11) is 0. The average Bonchev–Trinajstić information content (AvgIpc) is 2.96. The number of aryl methyl sites for hydroxylation is 1. The van der Waals surface area contributed by atoms with Crippen LogP contribution in [-0.2, 0) is 4.79 Å². The fourth-order valence-electron chi connectivity index (χ4n) is 2.60. The Morgan fingerprint density at radius 1 is 1.29 bits per heavy atom. The zero-order chi connectivity index (χ0) is 17.3. The Morgan fingerprint density at radius 3 is 2.79 bits per heavy atom. The molecule has 0 saturated heterocycles. The molecule has 0 aliphatic heterocycles. The van der Waals surface area contributed by atoms with Crippen LogP contribution in [0.5, 0.6) is 0 Å². The van der Waals surface area contributed by atoms with Crippen LogP contribution >= 0.6 is 11.8 Å². The molecular formula is C18H22N4OS. The van der Waals surface area contributed by atoms with Gasteiger partial charge in [-0.25, -0.2) is 0 Å². The molecule has 0 fully saturated rings. The molecule has 6 heteroatoms. The molecule has 2 aromatic heterocycles. The van der Waals surface area contributed by atoms with E-state index >= 15 is 0 Å². The van der Waals surface area contributed by atoms with Gasteiger partial charge in [0, 0.05) is 10.9 Å². The van der Waals surface area contributed by atoms with Crippen LogP contribution in [0.15, 0.2) is 35.5 Å². The number of benzene rings is 1. The molecule has 126 valence electrons. The van der Waals surface area contributed by atoms with Gasteiger partial charge in [-0.15, -0.1) is 10.2 Å². The van der Waals surface area contributed by atoms with Crippen molar-refractivity contribution in [2.24, 2.45) is 0 Å². The Morgan fingerprint density at radius 2 is 2.04 bits per heavy atom. The van der Waals surface area contributed by atoms with Crippen molar-refractivity contribution in [3.63, 3.8) is 0 Å². The summed E-state index contributed by atoms with van der Waals surface area (Å²) in [6.07, 6.45) is 0.890. The van der Waals surface area contributed by atoms with Crippen LogP contribution in [0.2, 0.25) is 0 Å². The quantitative estimate of drug-likeness (QED) is 0.720. The number of hydrogen-bond donors (Lipinski definition) is 1. The Labute approximate surface area is 145 Å². The highest BCUT2D eigenvalue weighted by atomic mass is 32.2. The summed E-state index contributed by atoms with van der Waals surface area (Å²) in [5.74, 6) is 0.340. The largest absolute Gasteiger partial charge is 0.351 e. The van der Waals surface area contributed by atoms with E-state index in [0.717, 1.165) is 22.7 Å². The number of rotatable bonds is 5. The molecule has 1 amide bonds. The van der Waals surface area contributed by atoms with E-state index in [1.165, 1.54) is 22.7 Å². The molecule has 0 radical (unpaired) electrons. The van der Waals surface area contributed by atoms with Crippen molar-refractivity contribution in [3.8, 4) is 0 Å². The van der Waals surface area contributed by atoms with Gasteiger partial charge >= 0.3 is 0 Å². The predicted molar refractivity (Wildman–Crippen MR) is 98.5 cm³/mol. The molecule has 1 aromatic carbocycles. The summed E-state index contributed by atoms with van der Waals surface area (Å²) in [6.45, 7) is 8.19. The number of nitrogens with one attached hydrogen (secondary N) is 1. The minimum atomic E-state index is -0.186. The monoisotopic (exact) mass is 342 g/mol. The number of carbonyl (C=O) groups excluding carboxylic acids is 1. The lowest BCUT2D eigenvalue weighted by Gasteiger charge is -2.24. The standard InChI is InChI=1S/C18H22N4OS/c1-5-18(3,4)19-16(23)11-24-17-21-20-15-10-12(2)13-8-6-7-9-14(13)22(15)17/h6-10H,5,11H2,1-4H3,(H,19,23). The zero-order valence-electron chi connectivity index (χ0n) is 14.5. The van der Waals surface area contributed by atoms with E-state index in [9.17, 15) is 4.79 Å². The fraction of sp³-hybridized carbons (Fsp3) is 0.389. The highest BCUT2D eigenvalue weighted by molar-refractivity contribution is 7.99. The Hall–Kier alpha value is -2.08. The first-order valence-electron chi connectivity index (χ1n) is 8.08. The van der Waals surface area contributed by atoms with Crippen molar-refractivity contribution < 1.29 is 4.79 Å². The van der Waals surface area contributed by atoms with E-state index in [4.69, 9.17) is 0 Å². The van der Waals surface area contributed by atoms with Gasteiger partial charge in [-0.3, -0.25) is 9.20 Å². The lowest BCUT2D eigenvalue weighted by atomic mass is 10.0. The van der Waals surface area contributed by atoms with Gasteiger partial charge in [0.25, 0.3) is 0 Å². The number of pyridine rings is 1. The van der Waals surface area contributed by atoms with Gasteiger partial charge in [0.15, 0.2) is 10.8 Å². The average molecular weight is 342 g/mol. The number of aromatic nitrogens is 3. The number of carbonyl (C=O) groups is 1. The molecule has 3 rings (SSSR count). The second-order valence-corrected chi connectivity index (χ2v) is 7.54. The van der Waals surface area contributed by atoms with E-state index in [0.29, 0.717) is 5.75 Å². The lowest BCUT2D eigenvalue weighted by molar-refractivity contribution is -0.120. The molecule has 5 nitrogen and oxygen atoms in total. The second kappa shape index (κ2) is 6.43. The predicted octanol–water partition coefficient (Wildman–Crippen LogP) is 3.59. The Bertz CT molecular complexity index is 901. The molecule has 0 aliphatic carbocycles. The highest BCUT2D eigenvalue weighted by Crippen LogP contribution is 2.25. The van der Waals surface area contributed by atoms with Crippen LogP contribution in [0.4, 0.5) is 0 Å². The molecule has 0 saturated carbocycles. The molecule has 0 spiro atoms. The third-order valence-electron chi connectivity index (χ3n) is 4.27. The molecule has 0 bridgehead atoms. The highest BCUT2D eigenvalue weighted by Gasteiger charge is 2.19. The van der Waals surface area contributed by atoms with Gasteiger partial charge in [-0.2, -0.15) is 0 Å². The summed E-state index contributed by atoms with van der Waals surface area (Å²) < 4.78 is 2.02. The van der Waals surface area contributed by atoms with E-state index in [1.807, 2.05) is 36.4 Å². The molecule has 1 N–H and O–H groups in total. The van der Waals surface area contributed by atoms with Crippen LogP contribution in [0.3, 0.4) is 0 Å². The van der Waals surface area contributed by atoms with Crippen LogP contribution < -0.4 is 5.32 Å². The van der Waals surface area contributed by atoms with E-state index in [-0.39, 0.29) is 11.4 Å². The molecule has 3 aromatic rings. The minimum absolute atomic E-state index is 0.0139. The molecule has 0 aliphatic rings. The normalized spacial score (nSPS) is 12.0. The number of fused-ring (bicyclic) bond motifs is 3. The van der Waals surface area contributed by atoms with Gasteiger partial charge in [-0.1, -0.05) is 36.9 Å². The van der Waals surface area contributed by atoms with E-state index in [1.54, 1.807) is 0 Å². The van der Waals surface area contributed by atoms with Crippen molar-refractivity contribution in [1.82, 2.24) is 19.9 Å². The molecule has 2 heterocycles. The Balaban J connectivity index is 1.89. The maximum atomic E-state index is 12.2. The second-order valence-electron chi connectivity index (χ2n) is 6.59. The number of para-hydroxylation sites is 1. The first-order valence-corrected chi connectivity index (χ1v) is 9.07. The van der Waals surface area contributed by atoms with Crippen molar-refractivity contribution in [1.29, 1.82) is 0 Å². The van der Waals surface area contributed by atoms with Crippen LogP contribution in [0.1, 0.15) is 32.8 Å². The summed E-state index contributed by atoms with van der Waals surface area (Å²) in [4.78, 5) is 12.2. The fourth-order valence-corrected chi connectivity index (χ4v) is 3.35. The number of hydrogen-bond acceptors (Lipinski definition) is 4. The number of nitrogens with zero attached hydrogens (tertiary/aromatic N) is 3. The van der Waals surface area contributed by atoms with Crippen LogP contribution in [0, 0.1) is 6.92 Å². The van der Waals surface area contributed by atoms with Crippen molar-refractivity contribution in [2.75, 3.05) is 5.75 Å². The van der Waals surface area contributed by atoms with Crippen molar-refractivity contribution in [2.45, 2.75) is 44.8 Å². The SMILES string of the molecule is CCC(C)(C)NC(=O)CSc1nnc2cc(C)c3ccccc3n12. The molecule has 24 heavy (non-hydrogen) atoms. The van der Waals surface area contributed by atoms with E-state index in [2.05, 4.69) is 41.5 Å². The zero-order valence-corrected chi connectivity index (χ0v) is 15.3. The third kappa shape index (κ3) is 3.24. The van der Waals surface area contributed by atoms with Crippen LogP contribution in [-0.4, -0.2) is 31.8 Å².